The Hall–Kier alpha value is -1.02. The number of hydrogen-bond acceptors (Lipinski definition) is 2. The summed E-state index contributed by atoms with van der Waals surface area (Å²) in [5.41, 5.74) is 0.809. The van der Waals surface area contributed by atoms with Gasteiger partial charge in [-0.15, -0.1) is 0 Å². The number of aliphatic hydroxyl groups excluding tert-OH is 1. The van der Waals surface area contributed by atoms with Crippen molar-refractivity contribution in [1.82, 2.24) is 0 Å². The van der Waals surface area contributed by atoms with Crippen molar-refractivity contribution < 1.29 is 10.2 Å². The topological polar surface area (TPSA) is 40.5 Å². The zero-order valence-electron chi connectivity index (χ0n) is 10.2. The third-order valence-electron chi connectivity index (χ3n) is 2.97. The maximum absolute atomic E-state index is 9.95. The van der Waals surface area contributed by atoms with Gasteiger partial charge in [-0.1, -0.05) is 38.8 Å². The fourth-order valence-electron chi connectivity index (χ4n) is 1.98. The molecule has 0 aliphatic carbocycles. The molecular weight excluding hydrogens is 200 g/mol. The first-order valence-corrected chi connectivity index (χ1v) is 6.10. The van der Waals surface area contributed by atoms with Crippen LogP contribution in [0.1, 0.15) is 51.2 Å². The van der Waals surface area contributed by atoms with Gasteiger partial charge in [-0.25, -0.2) is 0 Å². The average molecular weight is 222 g/mol. The molecule has 2 N–H and O–H groups in total. The number of rotatable bonds is 6. The quantitative estimate of drug-likeness (QED) is 0.771. The minimum atomic E-state index is -0.452. The van der Waals surface area contributed by atoms with Crippen LogP contribution in [0.4, 0.5) is 0 Å². The molecule has 0 amide bonds. The third-order valence-corrected chi connectivity index (χ3v) is 2.97. The third kappa shape index (κ3) is 4.23. The van der Waals surface area contributed by atoms with E-state index in [0.29, 0.717) is 5.92 Å². The number of benzene rings is 1. The highest BCUT2D eigenvalue weighted by molar-refractivity contribution is 5.28. The Bertz CT molecular complexity index is 309. The smallest absolute Gasteiger partial charge is 0.115 e. The van der Waals surface area contributed by atoms with Gasteiger partial charge >= 0.3 is 0 Å². The van der Waals surface area contributed by atoms with Crippen LogP contribution in [0.25, 0.3) is 0 Å². The highest BCUT2D eigenvalue weighted by Gasteiger charge is 2.10. The SMILES string of the molecule is CCC[C@@H](C)CC[C@H](O)c1cccc(O)c1. The molecule has 2 atom stereocenters. The van der Waals surface area contributed by atoms with Crippen molar-refractivity contribution in [3.05, 3.63) is 29.8 Å². The van der Waals surface area contributed by atoms with Crippen LogP contribution in [0, 0.1) is 5.92 Å². The fraction of sp³-hybridized carbons (Fsp3) is 0.571. The summed E-state index contributed by atoms with van der Waals surface area (Å²) >= 11 is 0. The van der Waals surface area contributed by atoms with Gasteiger partial charge in [-0.2, -0.15) is 0 Å². The lowest BCUT2D eigenvalue weighted by Gasteiger charge is -2.14. The summed E-state index contributed by atoms with van der Waals surface area (Å²) in [5, 5.41) is 19.3. The summed E-state index contributed by atoms with van der Waals surface area (Å²) in [5.74, 6) is 0.884. The van der Waals surface area contributed by atoms with E-state index in [1.54, 1.807) is 18.2 Å². The number of phenols is 1. The molecule has 0 unspecified atom stereocenters. The summed E-state index contributed by atoms with van der Waals surface area (Å²) in [7, 11) is 0. The zero-order valence-corrected chi connectivity index (χ0v) is 10.2. The van der Waals surface area contributed by atoms with Crippen LogP contribution in [-0.4, -0.2) is 10.2 Å². The molecule has 0 heterocycles. The van der Waals surface area contributed by atoms with Gasteiger partial charge in [-0.05, 0) is 36.5 Å². The Morgan fingerprint density at radius 3 is 2.56 bits per heavy atom. The first kappa shape index (κ1) is 13.0. The van der Waals surface area contributed by atoms with E-state index >= 15 is 0 Å². The Morgan fingerprint density at radius 2 is 1.94 bits per heavy atom. The summed E-state index contributed by atoms with van der Waals surface area (Å²) in [4.78, 5) is 0. The lowest BCUT2D eigenvalue weighted by Crippen LogP contribution is -2.01. The molecule has 0 aliphatic rings. The molecule has 0 spiro atoms. The van der Waals surface area contributed by atoms with Crippen molar-refractivity contribution in [2.45, 2.75) is 45.6 Å². The first-order valence-electron chi connectivity index (χ1n) is 6.10. The molecule has 90 valence electrons. The summed E-state index contributed by atoms with van der Waals surface area (Å²) < 4.78 is 0. The largest absolute Gasteiger partial charge is 0.508 e. The zero-order chi connectivity index (χ0) is 12.0. The van der Waals surface area contributed by atoms with E-state index in [2.05, 4.69) is 13.8 Å². The Labute approximate surface area is 97.9 Å². The molecule has 0 radical (unpaired) electrons. The Kier molecular flexibility index (Phi) is 5.33. The van der Waals surface area contributed by atoms with Crippen molar-refractivity contribution in [2.75, 3.05) is 0 Å². The van der Waals surface area contributed by atoms with Crippen LogP contribution in [0.15, 0.2) is 24.3 Å². The van der Waals surface area contributed by atoms with Crippen molar-refractivity contribution >= 4 is 0 Å². The predicted molar refractivity (Wildman–Crippen MR) is 66.4 cm³/mol. The molecule has 0 saturated carbocycles. The van der Waals surface area contributed by atoms with Gasteiger partial charge in [0, 0.05) is 0 Å². The predicted octanol–water partition coefficient (Wildman–Crippen LogP) is 3.64. The van der Waals surface area contributed by atoms with Crippen molar-refractivity contribution in [3.63, 3.8) is 0 Å². The molecule has 0 bridgehead atoms. The standard InChI is InChI=1S/C14H22O2/c1-3-5-11(2)8-9-14(16)12-6-4-7-13(15)10-12/h4,6-7,10-11,14-16H,3,5,8-9H2,1-2H3/t11-,14+/m1/s1. The maximum Gasteiger partial charge on any atom is 0.115 e. The van der Waals surface area contributed by atoms with E-state index in [1.807, 2.05) is 6.07 Å². The highest BCUT2D eigenvalue weighted by atomic mass is 16.3. The molecule has 2 heteroatoms. The van der Waals surface area contributed by atoms with Crippen LogP contribution in [0.5, 0.6) is 5.75 Å². The molecule has 16 heavy (non-hydrogen) atoms. The highest BCUT2D eigenvalue weighted by Crippen LogP contribution is 2.24. The summed E-state index contributed by atoms with van der Waals surface area (Å²) in [6.07, 6.45) is 3.76. The van der Waals surface area contributed by atoms with Crippen LogP contribution in [0.2, 0.25) is 0 Å². The van der Waals surface area contributed by atoms with E-state index < -0.39 is 6.10 Å². The minimum Gasteiger partial charge on any atom is -0.508 e. The van der Waals surface area contributed by atoms with Crippen LogP contribution in [-0.2, 0) is 0 Å². The monoisotopic (exact) mass is 222 g/mol. The lowest BCUT2D eigenvalue weighted by atomic mass is 9.96. The maximum atomic E-state index is 9.95. The van der Waals surface area contributed by atoms with Gasteiger partial charge in [0.05, 0.1) is 6.10 Å². The van der Waals surface area contributed by atoms with E-state index in [0.717, 1.165) is 18.4 Å². The second kappa shape index (κ2) is 6.54. The molecular formula is C14H22O2. The van der Waals surface area contributed by atoms with Gasteiger partial charge in [0.2, 0.25) is 0 Å². The molecule has 1 aromatic rings. The second-order valence-corrected chi connectivity index (χ2v) is 4.58. The van der Waals surface area contributed by atoms with Gasteiger partial charge in [0.15, 0.2) is 0 Å². The number of aliphatic hydroxyl groups is 1. The van der Waals surface area contributed by atoms with Crippen molar-refractivity contribution in [1.29, 1.82) is 0 Å². The molecule has 0 saturated heterocycles. The van der Waals surface area contributed by atoms with Crippen molar-refractivity contribution in [2.24, 2.45) is 5.92 Å². The Morgan fingerprint density at radius 1 is 1.19 bits per heavy atom. The normalized spacial score (nSPS) is 14.7. The van der Waals surface area contributed by atoms with Gasteiger partial charge in [0.25, 0.3) is 0 Å². The summed E-state index contributed by atoms with van der Waals surface area (Å²) in [6, 6.07) is 6.88. The molecule has 0 aromatic heterocycles. The number of hydrogen-bond donors (Lipinski definition) is 2. The molecule has 0 fully saturated rings. The Balaban J connectivity index is 2.43. The van der Waals surface area contributed by atoms with E-state index in [1.165, 1.54) is 12.8 Å². The number of phenolic OH excluding ortho intramolecular Hbond substituents is 1. The molecule has 0 aliphatic heterocycles. The van der Waals surface area contributed by atoms with Crippen LogP contribution in [0.3, 0.4) is 0 Å². The van der Waals surface area contributed by atoms with E-state index in [-0.39, 0.29) is 5.75 Å². The average Bonchev–Trinajstić information content (AvgIpc) is 2.26. The van der Waals surface area contributed by atoms with Crippen molar-refractivity contribution in [3.8, 4) is 5.75 Å². The van der Waals surface area contributed by atoms with Gasteiger partial charge in [0.1, 0.15) is 5.75 Å². The van der Waals surface area contributed by atoms with Gasteiger partial charge < -0.3 is 10.2 Å². The molecule has 2 nitrogen and oxygen atoms in total. The second-order valence-electron chi connectivity index (χ2n) is 4.58. The van der Waals surface area contributed by atoms with Crippen LogP contribution >= 0.6 is 0 Å². The van der Waals surface area contributed by atoms with Crippen LogP contribution < -0.4 is 0 Å². The summed E-state index contributed by atoms with van der Waals surface area (Å²) in [6.45, 7) is 4.40. The number of aromatic hydroxyl groups is 1. The van der Waals surface area contributed by atoms with E-state index in [9.17, 15) is 10.2 Å². The first-order chi connectivity index (χ1) is 7.63. The fourth-order valence-corrected chi connectivity index (χ4v) is 1.98. The molecule has 1 aromatic carbocycles. The lowest BCUT2D eigenvalue weighted by molar-refractivity contribution is 0.156. The van der Waals surface area contributed by atoms with Gasteiger partial charge in [-0.3, -0.25) is 0 Å². The minimum absolute atomic E-state index is 0.221. The molecule has 1 rings (SSSR count). The van der Waals surface area contributed by atoms with E-state index in [4.69, 9.17) is 0 Å².